The molecule has 1 N–H and O–H groups in total. The summed E-state index contributed by atoms with van der Waals surface area (Å²) < 4.78 is 38.7. The lowest BCUT2D eigenvalue weighted by atomic mass is 10.1. The van der Waals surface area contributed by atoms with Gasteiger partial charge in [0.05, 0.1) is 10.5 Å². The van der Waals surface area contributed by atoms with Crippen LogP contribution in [0.5, 0.6) is 0 Å². The molecule has 0 aliphatic carbocycles. The molecular weight excluding hydrogens is 293 g/mol. The third-order valence-electron chi connectivity index (χ3n) is 2.55. The molecule has 0 aliphatic rings. The van der Waals surface area contributed by atoms with E-state index in [2.05, 4.69) is 5.32 Å². The Balaban J connectivity index is 2.29. The highest BCUT2D eigenvalue weighted by molar-refractivity contribution is 7.09. The number of halogens is 3. The number of nitrogens with zero attached hydrogens (tertiary/aromatic N) is 1. The van der Waals surface area contributed by atoms with Gasteiger partial charge in [0.15, 0.2) is 0 Å². The number of hydrogen-bond acceptors (Lipinski definition) is 4. The second-order valence-electron chi connectivity index (χ2n) is 3.92. The van der Waals surface area contributed by atoms with E-state index in [0.717, 1.165) is 17.0 Å². The van der Waals surface area contributed by atoms with Gasteiger partial charge in [0.1, 0.15) is 0 Å². The molecule has 0 amide bonds. The van der Waals surface area contributed by atoms with Gasteiger partial charge < -0.3 is 5.32 Å². The van der Waals surface area contributed by atoms with E-state index < -0.39 is 22.4 Å². The van der Waals surface area contributed by atoms with Crippen LogP contribution >= 0.6 is 11.3 Å². The van der Waals surface area contributed by atoms with E-state index in [-0.39, 0.29) is 12.2 Å². The summed E-state index contributed by atoms with van der Waals surface area (Å²) in [5.74, 6) is 0. The maximum Gasteiger partial charge on any atom is 0.418 e. The molecule has 0 fully saturated rings. The lowest BCUT2D eigenvalue weighted by molar-refractivity contribution is -0.385. The third kappa shape index (κ3) is 3.27. The average molecular weight is 302 g/mol. The van der Waals surface area contributed by atoms with Gasteiger partial charge >= 0.3 is 6.18 Å². The molecule has 1 heterocycles. The van der Waals surface area contributed by atoms with Crippen LogP contribution in [0.15, 0.2) is 35.7 Å². The first-order valence-electron chi connectivity index (χ1n) is 5.50. The molecule has 0 atom stereocenters. The number of alkyl halides is 3. The smallest absolute Gasteiger partial charge is 0.380 e. The van der Waals surface area contributed by atoms with Gasteiger partial charge in [0.25, 0.3) is 5.69 Å². The van der Waals surface area contributed by atoms with Crippen molar-refractivity contribution < 1.29 is 18.1 Å². The van der Waals surface area contributed by atoms with Crippen molar-refractivity contribution >= 4 is 22.7 Å². The van der Waals surface area contributed by atoms with Gasteiger partial charge in [-0.1, -0.05) is 6.07 Å². The number of hydrogen-bond donors (Lipinski definition) is 1. The quantitative estimate of drug-likeness (QED) is 0.677. The summed E-state index contributed by atoms with van der Waals surface area (Å²) in [4.78, 5) is 10.6. The van der Waals surface area contributed by atoms with E-state index in [1.54, 1.807) is 12.1 Å². The molecule has 2 rings (SSSR count). The Kier molecular flexibility index (Phi) is 3.93. The summed E-state index contributed by atoms with van der Waals surface area (Å²) in [5.41, 5.74) is -1.79. The Morgan fingerprint density at radius 2 is 2.05 bits per heavy atom. The molecule has 0 saturated heterocycles. The van der Waals surface area contributed by atoms with Crippen LogP contribution in [0, 0.1) is 10.1 Å². The number of nitrogens with one attached hydrogen (secondary N) is 1. The molecule has 106 valence electrons. The number of thiophene rings is 1. The highest BCUT2D eigenvalue weighted by Gasteiger charge is 2.35. The summed E-state index contributed by atoms with van der Waals surface area (Å²) in [7, 11) is 0. The summed E-state index contributed by atoms with van der Waals surface area (Å²) in [6.07, 6.45) is -4.65. The van der Waals surface area contributed by atoms with Gasteiger partial charge in [-0.3, -0.25) is 10.1 Å². The summed E-state index contributed by atoms with van der Waals surface area (Å²) in [6, 6.07) is 6.25. The van der Waals surface area contributed by atoms with Crippen molar-refractivity contribution in [1.82, 2.24) is 0 Å². The van der Waals surface area contributed by atoms with Gasteiger partial charge in [-0.2, -0.15) is 13.2 Å². The predicted molar refractivity (Wildman–Crippen MR) is 69.7 cm³/mol. The normalized spacial score (nSPS) is 11.3. The van der Waals surface area contributed by atoms with E-state index in [9.17, 15) is 23.3 Å². The SMILES string of the molecule is O=[N+]([O-])c1ccc(NCc2cccs2)c(C(F)(F)F)c1. The van der Waals surface area contributed by atoms with E-state index in [1.807, 2.05) is 5.38 Å². The topological polar surface area (TPSA) is 55.2 Å². The molecule has 4 nitrogen and oxygen atoms in total. The summed E-state index contributed by atoms with van der Waals surface area (Å²) >= 11 is 1.41. The molecule has 20 heavy (non-hydrogen) atoms. The fourth-order valence-corrected chi connectivity index (χ4v) is 2.27. The zero-order chi connectivity index (χ0) is 14.8. The van der Waals surface area contributed by atoms with Crippen LogP contribution in [-0.2, 0) is 12.7 Å². The van der Waals surface area contributed by atoms with Gasteiger partial charge in [-0.15, -0.1) is 11.3 Å². The molecule has 8 heteroatoms. The predicted octanol–water partition coefficient (Wildman–Crippen LogP) is 4.29. The number of nitro benzene ring substituents is 1. The van der Waals surface area contributed by atoms with Crippen LogP contribution in [0.25, 0.3) is 0 Å². The van der Waals surface area contributed by atoms with Crippen molar-refractivity contribution in [3.63, 3.8) is 0 Å². The van der Waals surface area contributed by atoms with Crippen LogP contribution in [-0.4, -0.2) is 4.92 Å². The fourth-order valence-electron chi connectivity index (χ4n) is 1.63. The Labute approximate surface area is 116 Å². The standard InChI is InChI=1S/C12H9F3N2O2S/c13-12(14,15)10-6-8(17(18)19)3-4-11(10)16-7-9-2-1-5-20-9/h1-6,16H,7H2. The van der Waals surface area contributed by atoms with Crippen molar-refractivity contribution in [3.8, 4) is 0 Å². The first-order valence-corrected chi connectivity index (χ1v) is 6.38. The van der Waals surface area contributed by atoms with E-state index in [0.29, 0.717) is 6.07 Å². The second kappa shape index (κ2) is 5.49. The molecule has 0 saturated carbocycles. The van der Waals surface area contributed by atoms with Crippen LogP contribution in [0.2, 0.25) is 0 Å². The third-order valence-corrected chi connectivity index (χ3v) is 3.43. The van der Waals surface area contributed by atoms with Gasteiger partial charge in [0.2, 0.25) is 0 Å². The van der Waals surface area contributed by atoms with Gasteiger partial charge in [0, 0.05) is 29.2 Å². The summed E-state index contributed by atoms with van der Waals surface area (Å²) in [6.45, 7) is 0.235. The van der Waals surface area contributed by atoms with Crippen LogP contribution in [0.3, 0.4) is 0 Å². The van der Waals surface area contributed by atoms with Crippen LogP contribution in [0.4, 0.5) is 24.5 Å². The van der Waals surface area contributed by atoms with Crippen molar-refractivity contribution in [3.05, 3.63) is 56.3 Å². The van der Waals surface area contributed by atoms with E-state index in [4.69, 9.17) is 0 Å². The number of anilines is 1. The summed E-state index contributed by atoms with van der Waals surface area (Å²) in [5, 5.41) is 15.0. The Morgan fingerprint density at radius 1 is 1.30 bits per heavy atom. The fraction of sp³-hybridized carbons (Fsp3) is 0.167. The van der Waals surface area contributed by atoms with Crippen molar-refractivity contribution in [1.29, 1.82) is 0 Å². The lowest BCUT2D eigenvalue weighted by Crippen LogP contribution is -2.11. The van der Waals surface area contributed by atoms with Gasteiger partial charge in [-0.05, 0) is 17.5 Å². The van der Waals surface area contributed by atoms with Crippen molar-refractivity contribution in [2.75, 3.05) is 5.32 Å². The minimum absolute atomic E-state index is 0.170. The average Bonchev–Trinajstić information content (AvgIpc) is 2.88. The first kappa shape index (κ1) is 14.3. The molecule has 0 bridgehead atoms. The monoisotopic (exact) mass is 302 g/mol. The second-order valence-corrected chi connectivity index (χ2v) is 4.95. The van der Waals surface area contributed by atoms with Crippen molar-refractivity contribution in [2.45, 2.75) is 12.7 Å². The van der Waals surface area contributed by atoms with E-state index in [1.165, 1.54) is 11.3 Å². The minimum Gasteiger partial charge on any atom is -0.380 e. The Bertz CT molecular complexity index is 612. The van der Waals surface area contributed by atoms with Crippen LogP contribution in [0.1, 0.15) is 10.4 Å². The Morgan fingerprint density at radius 3 is 2.60 bits per heavy atom. The molecule has 0 spiro atoms. The minimum atomic E-state index is -4.65. The maximum absolute atomic E-state index is 12.9. The molecule has 1 aromatic heterocycles. The molecule has 0 aliphatic heterocycles. The number of nitro groups is 1. The van der Waals surface area contributed by atoms with Crippen LogP contribution < -0.4 is 5.32 Å². The molecule has 0 radical (unpaired) electrons. The maximum atomic E-state index is 12.9. The zero-order valence-electron chi connectivity index (χ0n) is 9.98. The van der Waals surface area contributed by atoms with E-state index >= 15 is 0 Å². The largest absolute Gasteiger partial charge is 0.418 e. The highest BCUT2D eigenvalue weighted by Crippen LogP contribution is 2.37. The van der Waals surface area contributed by atoms with Crippen molar-refractivity contribution in [2.24, 2.45) is 0 Å². The number of benzene rings is 1. The highest BCUT2D eigenvalue weighted by atomic mass is 32.1. The number of rotatable bonds is 4. The zero-order valence-corrected chi connectivity index (χ0v) is 10.8. The molecule has 1 aromatic carbocycles. The molecular formula is C12H9F3N2O2S. The number of non-ortho nitro benzene ring substituents is 1. The lowest BCUT2D eigenvalue weighted by Gasteiger charge is -2.13. The Hall–Kier alpha value is -2.09. The van der Waals surface area contributed by atoms with Gasteiger partial charge in [-0.25, -0.2) is 0 Å². The molecule has 0 unspecified atom stereocenters. The molecule has 2 aromatic rings. The first-order chi connectivity index (χ1) is 9.38.